The Kier molecular flexibility index (Phi) is 53.3. The first kappa shape index (κ1) is 64.1. The second-order valence-corrected chi connectivity index (χ2v) is 19.2. The zero-order valence-corrected chi connectivity index (χ0v) is 44.4. The number of hydrogen-bond acceptors (Lipinski definition) is 6. The predicted octanol–water partition coefficient (Wildman–Crippen LogP) is 19.2. The lowest BCUT2D eigenvalue weighted by atomic mass is 10.0. The van der Waals surface area contributed by atoms with Crippen molar-refractivity contribution in [2.75, 3.05) is 13.2 Å². The summed E-state index contributed by atoms with van der Waals surface area (Å²) in [7, 11) is 0. The molecule has 0 saturated heterocycles. The molecule has 1 atom stereocenters. The highest BCUT2D eigenvalue weighted by Crippen LogP contribution is 2.16. The average molecular weight is 938 g/mol. The molecule has 0 aliphatic carbocycles. The van der Waals surface area contributed by atoms with Crippen LogP contribution in [0, 0.1) is 0 Å². The summed E-state index contributed by atoms with van der Waals surface area (Å²) < 4.78 is 16.8. The van der Waals surface area contributed by atoms with Gasteiger partial charge in [-0.15, -0.1) is 0 Å². The van der Waals surface area contributed by atoms with Crippen LogP contribution in [0.25, 0.3) is 0 Å². The maximum atomic E-state index is 12.9. The molecule has 0 fully saturated rings. The van der Waals surface area contributed by atoms with E-state index in [2.05, 4.69) is 81.5 Å². The van der Waals surface area contributed by atoms with E-state index < -0.39 is 6.10 Å². The summed E-state index contributed by atoms with van der Waals surface area (Å²) in [5.74, 6) is -0.901. The van der Waals surface area contributed by atoms with Crippen molar-refractivity contribution in [1.29, 1.82) is 0 Å². The molecular formula is C61H108O6. The number of carbonyl (C=O) groups is 3. The summed E-state index contributed by atoms with van der Waals surface area (Å²) in [5, 5.41) is 0. The summed E-state index contributed by atoms with van der Waals surface area (Å²) >= 11 is 0. The van der Waals surface area contributed by atoms with Crippen LogP contribution in [0.15, 0.2) is 60.8 Å². The molecule has 0 heterocycles. The van der Waals surface area contributed by atoms with Gasteiger partial charge in [-0.1, -0.05) is 268 Å². The van der Waals surface area contributed by atoms with Crippen LogP contribution in [0.4, 0.5) is 0 Å². The Balaban J connectivity index is 4.38. The summed E-state index contributed by atoms with van der Waals surface area (Å²) in [5.41, 5.74) is 0. The topological polar surface area (TPSA) is 78.9 Å². The first-order valence-corrected chi connectivity index (χ1v) is 28.8. The monoisotopic (exact) mass is 937 g/mol. The minimum atomic E-state index is -0.784. The molecule has 0 aromatic carbocycles. The standard InChI is InChI=1S/C61H108O6/c1-4-7-10-13-16-19-22-25-27-29-31-33-34-36-39-42-45-48-51-54-60(63)66-57-58(56-65-59(62)53-50-47-44-41-38-24-21-18-15-12-9-6-3)67-61(64)55-52-49-46-43-40-37-35-32-30-28-26-23-20-17-14-11-8-5-2/h7,10,16,19,25,27,31,33,36,39,58H,4-6,8-9,11-15,17-18,20-24,26,28-30,32,34-35,37-38,40-57H2,1-3H3/b10-7-,19-16-,27-25-,33-31-,39-36-/t58-/m1/s1. The van der Waals surface area contributed by atoms with Crippen LogP contribution in [0.1, 0.15) is 290 Å². The van der Waals surface area contributed by atoms with E-state index in [9.17, 15) is 14.4 Å². The van der Waals surface area contributed by atoms with Gasteiger partial charge in [-0.3, -0.25) is 14.4 Å². The fourth-order valence-electron chi connectivity index (χ4n) is 8.24. The van der Waals surface area contributed by atoms with Gasteiger partial charge in [0.25, 0.3) is 0 Å². The number of carbonyl (C=O) groups excluding carboxylic acids is 3. The van der Waals surface area contributed by atoms with E-state index in [0.29, 0.717) is 19.3 Å². The minimum absolute atomic E-state index is 0.0809. The number of esters is 3. The molecule has 0 N–H and O–H groups in total. The Morgan fingerprint density at radius 1 is 0.313 bits per heavy atom. The summed E-state index contributed by atoms with van der Waals surface area (Å²) in [6.07, 6.45) is 69.2. The molecule has 6 nitrogen and oxygen atoms in total. The van der Waals surface area contributed by atoms with Crippen LogP contribution in [0.3, 0.4) is 0 Å². The first-order valence-electron chi connectivity index (χ1n) is 28.8. The molecule has 67 heavy (non-hydrogen) atoms. The van der Waals surface area contributed by atoms with Crippen molar-refractivity contribution in [3.05, 3.63) is 60.8 Å². The molecule has 0 aliphatic rings. The molecule has 0 amide bonds. The van der Waals surface area contributed by atoms with Crippen molar-refractivity contribution in [3.8, 4) is 0 Å². The van der Waals surface area contributed by atoms with Crippen LogP contribution in [-0.2, 0) is 28.6 Å². The van der Waals surface area contributed by atoms with Gasteiger partial charge in [0.1, 0.15) is 13.2 Å². The van der Waals surface area contributed by atoms with Crippen molar-refractivity contribution in [2.24, 2.45) is 0 Å². The Morgan fingerprint density at radius 3 is 0.910 bits per heavy atom. The largest absolute Gasteiger partial charge is 0.462 e. The lowest BCUT2D eigenvalue weighted by molar-refractivity contribution is -0.167. The second kappa shape index (κ2) is 55.7. The van der Waals surface area contributed by atoms with Gasteiger partial charge in [0.15, 0.2) is 6.10 Å². The van der Waals surface area contributed by atoms with Crippen molar-refractivity contribution >= 4 is 17.9 Å². The number of hydrogen-bond donors (Lipinski definition) is 0. The molecule has 0 rings (SSSR count). The van der Waals surface area contributed by atoms with Crippen LogP contribution in [-0.4, -0.2) is 37.2 Å². The number of ether oxygens (including phenoxy) is 3. The summed E-state index contributed by atoms with van der Waals surface area (Å²) in [4.78, 5) is 38.1. The summed E-state index contributed by atoms with van der Waals surface area (Å²) in [6.45, 7) is 6.53. The highest BCUT2D eigenvalue weighted by molar-refractivity contribution is 5.71. The molecule has 388 valence electrons. The molecule has 0 radical (unpaired) electrons. The molecule has 0 bridgehead atoms. The van der Waals surface area contributed by atoms with E-state index in [1.54, 1.807) is 0 Å². The van der Waals surface area contributed by atoms with Crippen molar-refractivity contribution in [1.82, 2.24) is 0 Å². The average Bonchev–Trinajstić information content (AvgIpc) is 3.33. The highest BCUT2D eigenvalue weighted by atomic mass is 16.6. The van der Waals surface area contributed by atoms with Crippen molar-refractivity contribution < 1.29 is 28.6 Å². The molecule has 6 heteroatoms. The Morgan fingerprint density at radius 2 is 0.582 bits per heavy atom. The van der Waals surface area contributed by atoms with E-state index in [0.717, 1.165) is 96.3 Å². The maximum absolute atomic E-state index is 12.9. The first-order chi connectivity index (χ1) is 33.0. The SMILES string of the molecule is CC/C=C\C/C=C\C/C=C\C/C=C\C/C=C\CCCCCC(=O)OC[C@@H](COC(=O)CCCCCCCCCCCCCC)OC(=O)CCCCCCCCCCCCCCCCCCCC. The van der Waals surface area contributed by atoms with E-state index >= 15 is 0 Å². The number of unbranched alkanes of at least 4 members (excludes halogenated alkanes) is 31. The van der Waals surface area contributed by atoms with Crippen molar-refractivity contribution in [2.45, 2.75) is 297 Å². The van der Waals surface area contributed by atoms with E-state index in [4.69, 9.17) is 14.2 Å². The normalized spacial score (nSPS) is 12.5. The lowest BCUT2D eigenvalue weighted by Gasteiger charge is -2.18. The van der Waals surface area contributed by atoms with Crippen molar-refractivity contribution in [3.63, 3.8) is 0 Å². The van der Waals surface area contributed by atoms with Gasteiger partial charge in [0.05, 0.1) is 0 Å². The van der Waals surface area contributed by atoms with Gasteiger partial charge in [-0.05, 0) is 64.2 Å². The molecule has 0 spiro atoms. The van der Waals surface area contributed by atoms with Crippen LogP contribution in [0.5, 0.6) is 0 Å². The van der Waals surface area contributed by atoms with E-state index in [-0.39, 0.29) is 31.1 Å². The maximum Gasteiger partial charge on any atom is 0.306 e. The van der Waals surface area contributed by atoms with Gasteiger partial charge in [0, 0.05) is 19.3 Å². The molecular weight excluding hydrogens is 829 g/mol. The predicted molar refractivity (Wildman–Crippen MR) is 288 cm³/mol. The van der Waals surface area contributed by atoms with Gasteiger partial charge in [0.2, 0.25) is 0 Å². The minimum Gasteiger partial charge on any atom is -0.462 e. The van der Waals surface area contributed by atoms with Crippen LogP contribution in [0.2, 0.25) is 0 Å². The zero-order chi connectivity index (χ0) is 48.6. The number of allylic oxidation sites excluding steroid dienone is 10. The smallest absolute Gasteiger partial charge is 0.306 e. The Bertz CT molecular complexity index is 1210. The van der Waals surface area contributed by atoms with Gasteiger partial charge in [-0.25, -0.2) is 0 Å². The van der Waals surface area contributed by atoms with E-state index in [1.807, 2.05) is 0 Å². The fourth-order valence-corrected chi connectivity index (χ4v) is 8.24. The Hall–Kier alpha value is -2.89. The third kappa shape index (κ3) is 53.9. The molecule has 0 saturated carbocycles. The quantitative estimate of drug-likeness (QED) is 0.0262. The van der Waals surface area contributed by atoms with Crippen LogP contribution >= 0.6 is 0 Å². The third-order valence-electron chi connectivity index (χ3n) is 12.5. The highest BCUT2D eigenvalue weighted by Gasteiger charge is 2.19. The fraction of sp³-hybridized carbons (Fsp3) is 0.787. The Labute approximate surface area is 415 Å². The van der Waals surface area contributed by atoms with Gasteiger partial charge < -0.3 is 14.2 Å². The number of rotatable bonds is 52. The summed E-state index contributed by atoms with van der Waals surface area (Å²) in [6, 6.07) is 0. The molecule has 0 aromatic rings. The molecule has 0 aliphatic heterocycles. The van der Waals surface area contributed by atoms with Gasteiger partial charge in [-0.2, -0.15) is 0 Å². The van der Waals surface area contributed by atoms with Crippen LogP contribution < -0.4 is 0 Å². The van der Waals surface area contributed by atoms with E-state index in [1.165, 1.54) is 154 Å². The van der Waals surface area contributed by atoms with Gasteiger partial charge >= 0.3 is 17.9 Å². The molecule has 0 unspecified atom stereocenters. The second-order valence-electron chi connectivity index (χ2n) is 19.2. The lowest BCUT2D eigenvalue weighted by Crippen LogP contribution is -2.30. The molecule has 0 aromatic heterocycles. The zero-order valence-electron chi connectivity index (χ0n) is 44.4. The third-order valence-corrected chi connectivity index (χ3v) is 12.5.